The maximum absolute atomic E-state index is 9.27. The summed E-state index contributed by atoms with van der Waals surface area (Å²) in [4.78, 5) is 0. The second kappa shape index (κ2) is 3.46. The zero-order valence-corrected chi connectivity index (χ0v) is 7.44. The van der Waals surface area contributed by atoms with Gasteiger partial charge in [0.25, 0.3) is 0 Å². The predicted octanol–water partition coefficient (Wildman–Crippen LogP) is -0.253. The normalized spacial score (nSPS) is 48.5. The summed E-state index contributed by atoms with van der Waals surface area (Å²) in [5, 5.41) is 12.4. The van der Waals surface area contributed by atoms with E-state index in [-0.39, 0.29) is 36.0 Å². The molecule has 2 saturated heterocycles. The molecular formula is C6H11Cl2NO2. The van der Waals surface area contributed by atoms with Crippen molar-refractivity contribution < 1.29 is 9.84 Å². The van der Waals surface area contributed by atoms with E-state index in [1.54, 1.807) is 0 Å². The Labute approximate surface area is 76.5 Å². The fourth-order valence-corrected chi connectivity index (χ4v) is 1.90. The highest BCUT2D eigenvalue weighted by molar-refractivity contribution is 6.21. The number of nitrogens with one attached hydrogen (secondary N) is 1. The molecule has 66 valence electrons. The van der Waals surface area contributed by atoms with E-state index in [1.807, 2.05) is 0 Å². The van der Waals surface area contributed by atoms with Gasteiger partial charge in [-0.1, -0.05) is 0 Å². The molecule has 11 heavy (non-hydrogen) atoms. The van der Waals surface area contributed by atoms with Crippen LogP contribution in [-0.2, 0) is 4.74 Å². The van der Waals surface area contributed by atoms with E-state index < -0.39 is 0 Å². The lowest BCUT2D eigenvalue weighted by atomic mass is 10.1. The SMILES string of the molecule is Cl.O[C@H]1CO[C@H]2[C@@H]1NC[C@@H]2Cl. The highest BCUT2D eigenvalue weighted by Gasteiger charge is 2.44. The zero-order valence-electron chi connectivity index (χ0n) is 5.87. The van der Waals surface area contributed by atoms with E-state index in [1.165, 1.54) is 0 Å². The lowest BCUT2D eigenvalue weighted by Gasteiger charge is -2.10. The van der Waals surface area contributed by atoms with E-state index in [4.69, 9.17) is 16.3 Å². The van der Waals surface area contributed by atoms with Gasteiger partial charge in [0, 0.05) is 6.54 Å². The van der Waals surface area contributed by atoms with Crippen molar-refractivity contribution in [1.29, 1.82) is 0 Å². The number of rotatable bonds is 0. The van der Waals surface area contributed by atoms with Gasteiger partial charge in [0.2, 0.25) is 0 Å². The van der Waals surface area contributed by atoms with Crippen LogP contribution in [0.3, 0.4) is 0 Å². The summed E-state index contributed by atoms with van der Waals surface area (Å²) in [6, 6.07) is 0.0718. The predicted molar refractivity (Wildman–Crippen MR) is 44.4 cm³/mol. The molecule has 2 rings (SSSR count). The van der Waals surface area contributed by atoms with E-state index in [0.717, 1.165) is 6.54 Å². The summed E-state index contributed by atoms with van der Waals surface area (Å²) in [5.74, 6) is 0. The maximum atomic E-state index is 9.27. The molecule has 0 aromatic rings. The van der Waals surface area contributed by atoms with Crippen molar-refractivity contribution in [1.82, 2.24) is 5.32 Å². The molecule has 0 unspecified atom stereocenters. The van der Waals surface area contributed by atoms with Gasteiger partial charge in [-0.05, 0) is 0 Å². The van der Waals surface area contributed by atoms with Crippen LogP contribution in [0.25, 0.3) is 0 Å². The molecule has 2 fully saturated rings. The lowest BCUT2D eigenvalue weighted by molar-refractivity contribution is 0.0890. The first-order valence-electron chi connectivity index (χ1n) is 3.46. The first kappa shape index (κ1) is 9.55. The third kappa shape index (κ3) is 1.48. The van der Waals surface area contributed by atoms with Gasteiger partial charge in [-0.15, -0.1) is 24.0 Å². The molecule has 0 aromatic carbocycles. The van der Waals surface area contributed by atoms with Crippen molar-refractivity contribution in [2.24, 2.45) is 0 Å². The molecule has 2 heterocycles. The molecule has 2 aliphatic rings. The van der Waals surface area contributed by atoms with Gasteiger partial charge in [-0.25, -0.2) is 0 Å². The fourth-order valence-electron chi connectivity index (χ4n) is 1.58. The second-order valence-electron chi connectivity index (χ2n) is 2.82. The first-order chi connectivity index (χ1) is 4.79. The smallest absolute Gasteiger partial charge is 0.0952 e. The summed E-state index contributed by atoms with van der Waals surface area (Å²) in [5.41, 5.74) is 0. The monoisotopic (exact) mass is 199 g/mol. The van der Waals surface area contributed by atoms with Gasteiger partial charge >= 0.3 is 0 Å². The minimum absolute atomic E-state index is 0. The summed E-state index contributed by atoms with van der Waals surface area (Å²) in [7, 11) is 0. The number of aliphatic hydroxyl groups is 1. The van der Waals surface area contributed by atoms with Crippen LogP contribution in [0.15, 0.2) is 0 Å². The Kier molecular flexibility index (Phi) is 3.00. The quantitative estimate of drug-likeness (QED) is 0.529. The van der Waals surface area contributed by atoms with E-state index in [9.17, 15) is 5.11 Å². The number of hydrogen-bond donors (Lipinski definition) is 2. The van der Waals surface area contributed by atoms with Crippen molar-refractivity contribution in [2.45, 2.75) is 23.6 Å². The molecule has 0 bridgehead atoms. The van der Waals surface area contributed by atoms with Crippen LogP contribution in [0.1, 0.15) is 0 Å². The van der Waals surface area contributed by atoms with E-state index in [2.05, 4.69) is 5.32 Å². The van der Waals surface area contributed by atoms with Crippen LogP contribution in [0.2, 0.25) is 0 Å². The summed E-state index contributed by atoms with van der Waals surface area (Å²) in [6.07, 6.45) is -0.342. The van der Waals surface area contributed by atoms with Crippen molar-refractivity contribution in [3.63, 3.8) is 0 Å². The molecule has 0 aliphatic carbocycles. The number of halogens is 2. The van der Waals surface area contributed by atoms with Crippen LogP contribution >= 0.6 is 24.0 Å². The van der Waals surface area contributed by atoms with Crippen LogP contribution < -0.4 is 5.32 Å². The lowest BCUT2D eigenvalue weighted by Crippen LogP contribution is -2.36. The number of aliphatic hydroxyl groups excluding tert-OH is 1. The molecule has 0 aromatic heterocycles. The molecule has 0 radical (unpaired) electrons. The average molecular weight is 200 g/mol. The van der Waals surface area contributed by atoms with Gasteiger partial charge < -0.3 is 15.2 Å². The Balaban J connectivity index is 0.000000605. The Hall–Kier alpha value is 0.460. The standard InChI is InChI=1S/C6H10ClNO2.ClH/c7-3-1-8-5-4(9)2-10-6(3)5;/h3-6,8-9H,1-2H2;1H/t3-,4-,5+,6+;/m0./s1. The molecule has 4 atom stereocenters. The molecule has 0 spiro atoms. The molecule has 3 nitrogen and oxygen atoms in total. The molecule has 2 N–H and O–H groups in total. The molecule has 5 heteroatoms. The minimum atomic E-state index is -0.367. The summed E-state index contributed by atoms with van der Waals surface area (Å²) in [6.45, 7) is 1.17. The van der Waals surface area contributed by atoms with Crippen molar-refractivity contribution in [3.8, 4) is 0 Å². The van der Waals surface area contributed by atoms with Crippen LogP contribution in [0.4, 0.5) is 0 Å². The first-order valence-corrected chi connectivity index (χ1v) is 3.90. The van der Waals surface area contributed by atoms with Crippen molar-refractivity contribution in [2.75, 3.05) is 13.2 Å². The largest absolute Gasteiger partial charge is 0.389 e. The van der Waals surface area contributed by atoms with Crippen LogP contribution in [-0.4, -0.2) is 41.9 Å². The maximum Gasteiger partial charge on any atom is 0.0952 e. The minimum Gasteiger partial charge on any atom is -0.389 e. The Bertz CT molecular complexity index is 131. The molecular weight excluding hydrogens is 189 g/mol. The Morgan fingerprint density at radius 2 is 2.27 bits per heavy atom. The topological polar surface area (TPSA) is 41.5 Å². The van der Waals surface area contributed by atoms with Gasteiger partial charge in [-0.2, -0.15) is 0 Å². The van der Waals surface area contributed by atoms with Crippen molar-refractivity contribution >= 4 is 24.0 Å². The summed E-state index contributed by atoms with van der Waals surface area (Å²) >= 11 is 5.88. The zero-order chi connectivity index (χ0) is 7.14. The highest BCUT2D eigenvalue weighted by Crippen LogP contribution is 2.25. The van der Waals surface area contributed by atoms with Gasteiger partial charge in [0.15, 0.2) is 0 Å². The van der Waals surface area contributed by atoms with Gasteiger partial charge in [0.1, 0.15) is 0 Å². The molecule has 0 saturated carbocycles. The van der Waals surface area contributed by atoms with Crippen molar-refractivity contribution in [3.05, 3.63) is 0 Å². The average Bonchev–Trinajstić information content (AvgIpc) is 2.41. The number of fused-ring (bicyclic) bond motifs is 1. The second-order valence-corrected chi connectivity index (χ2v) is 3.38. The van der Waals surface area contributed by atoms with Gasteiger partial charge in [-0.3, -0.25) is 0 Å². The van der Waals surface area contributed by atoms with Crippen LogP contribution in [0, 0.1) is 0 Å². The summed E-state index contributed by atoms with van der Waals surface area (Å²) < 4.78 is 5.26. The number of hydrogen-bond acceptors (Lipinski definition) is 3. The fraction of sp³-hybridized carbons (Fsp3) is 1.00. The van der Waals surface area contributed by atoms with E-state index in [0.29, 0.717) is 6.61 Å². The van der Waals surface area contributed by atoms with Gasteiger partial charge in [0.05, 0.1) is 30.2 Å². The van der Waals surface area contributed by atoms with E-state index >= 15 is 0 Å². The number of alkyl halides is 1. The third-order valence-electron chi connectivity index (χ3n) is 2.13. The molecule has 2 aliphatic heterocycles. The third-order valence-corrected chi connectivity index (χ3v) is 2.54. The molecule has 0 amide bonds. The number of ether oxygens (including phenoxy) is 1. The Morgan fingerprint density at radius 1 is 1.55 bits per heavy atom. The van der Waals surface area contributed by atoms with Crippen LogP contribution in [0.5, 0.6) is 0 Å². The highest BCUT2D eigenvalue weighted by atomic mass is 35.5. The Morgan fingerprint density at radius 3 is 2.91 bits per heavy atom.